The third-order valence-electron chi connectivity index (χ3n) is 1.69. The summed E-state index contributed by atoms with van der Waals surface area (Å²) in [7, 11) is 0. The Balaban J connectivity index is 2.60. The van der Waals surface area contributed by atoms with Gasteiger partial charge in [0.1, 0.15) is 4.64 Å². The van der Waals surface area contributed by atoms with Crippen LogP contribution in [0.25, 0.3) is 11.1 Å². The molecule has 0 saturated carbocycles. The third kappa shape index (κ3) is 1.62. The molecule has 0 fully saturated rings. The Morgan fingerprint density at radius 1 is 1.23 bits per heavy atom. The molecule has 2 aromatic heterocycles. The summed E-state index contributed by atoms with van der Waals surface area (Å²) < 4.78 is 0.683. The highest BCUT2D eigenvalue weighted by Gasteiger charge is 1.98. The zero-order chi connectivity index (χ0) is 9.10. The van der Waals surface area contributed by atoms with E-state index in [-0.39, 0.29) is 0 Å². The predicted molar refractivity (Wildman–Crippen MR) is 52.7 cm³/mol. The lowest BCUT2D eigenvalue weighted by Gasteiger charge is -1.98. The van der Waals surface area contributed by atoms with Crippen LogP contribution in [0.15, 0.2) is 37.1 Å². The van der Waals surface area contributed by atoms with E-state index in [1.54, 1.807) is 24.9 Å². The van der Waals surface area contributed by atoms with Crippen molar-refractivity contribution in [3.05, 3.63) is 41.7 Å². The van der Waals surface area contributed by atoms with Crippen molar-refractivity contribution in [1.82, 2.24) is 15.0 Å². The number of H-pyrrole nitrogens is 1. The fraction of sp³-hybridized carbons (Fsp3) is 0. The Kier molecular flexibility index (Phi) is 2.14. The molecule has 0 radical (unpaired) electrons. The zero-order valence-electron chi connectivity index (χ0n) is 6.77. The number of rotatable bonds is 1. The Bertz CT molecular complexity index is 450. The van der Waals surface area contributed by atoms with E-state index in [9.17, 15) is 0 Å². The molecule has 2 rings (SSSR count). The van der Waals surface area contributed by atoms with Gasteiger partial charge in [0.2, 0.25) is 0 Å². The van der Waals surface area contributed by atoms with Gasteiger partial charge in [-0.2, -0.15) is 0 Å². The molecule has 0 atom stereocenters. The minimum absolute atomic E-state index is 0.683. The van der Waals surface area contributed by atoms with Gasteiger partial charge in [-0.1, -0.05) is 18.3 Å². The van der Waals surface area contributed by atoms with Crippen LogP contribution >= 0.6 is 12.2 Å². The Labute approximate surface area is 80.5 Å². The molecule has 64 valence electrons. The van der Waals surface area contributed by atoms with Crippen molar-refractivity contribution < 1.29 is 0 Å². The molecule has 0 unspecified atom stereocenters. The fourth-order valence-corrected chi connectivity index (χ4v) is 1.30. The first-order chi connectivity index (χ1) is 6.38. The Morgan fingerprint density at radius 3 is 2.85 bits per heavy atom. The van der Waals surface area contributed by atoms with Crippen LogP contribution in [-0.4, -0.2) is 15.0 Å². The summed E-state index contributed by atoms with van der Waals surface area (Å²) in [5, 5.41) is 0. The van der Waals surface area contributed by atoms with Gasteiger partial charge in [-0.3, -0.25) is 4.98 Å². The van der Waals surface area contributed by atoms with E-state index in [1.807, 2.05) is 12.1 Å². The Hall–Kier alpha value is -1.55. The molecular formula is C9H7N3S. The number of nitrogens with one attached hydrogen (secondary N) is 1. The molecule has 2 heterocycles. The van der Waals surface area contributed by atoms with Gasteiger partial charge < -0.3 is 4.98 Å². The van der Waals surface area contributed by atoms with E-state index >= 15 is 0 Å². The molecule has 3 nitrogen and oxygen atoms in total. The molecule has 2 aromatic rings. The maximum absolute atomic E-state index is 5.11. The molecule has 4 heteroatoms. The van der Waals surface area contributed by atoms with E-state index in [0.29, 0.717) is 4.64 Å². The van der Waals surface area contributed by atoms with Crippen molar-refractivity contribution in [3.8, 4) is 11.1 Å². The third-order valence-corrected chi connectivity index (χ3v) is 2.03. The summed E-state index contributed by atoms with van der Waals surface area (Å²) in [6.07, 6.45) is 6.80. The lowest BCUT2D eigenvalue weighted by molar-refractivity contribution is 1.15. The summed E-state index contributed by atoms with van der Waals surface area (Å²) in [5.41, 5.74) is 1.89. The standard InChI is InChI=1S/C9H7N3S/c13-9-8(5-11-6-12-9)7-2-1-3-10-4-7/h1-6H,(H,11,12,13). The largest absolute Gasteiger partial charge is 0.337 e. The first-order valence-electron chi connectivity index (χ1n) is 3.81. The van der Waals surface area contributed by atoms with Crippen molar-refractivity contribution in [1.29, 1.82) is 0 Å². The molecule has 0 spiro atoms. The van der Waals surface area contributed by atoms with Gasteiger partial charge in [0.05, 0.1) is 6.33 Å². The van der Waals surface area contributed by atoms with Gasteiger partial charge >= 0.3 is 0 Å². The Morgan fingerprint density at radius 2 is 2.15 bits per heavy atom. The number of nitrogens with zero attached hydrogens (tertiary/aromatic N) is 2. The van der Waals surface area contributed by atoms with E-state index < -0.39 is 0 Å². The topological polar surface area (TPSA) is 41.6 Å². The number of hydrogen-bond donors (Lipinski definition) is 1. The second-order valence-electron chi connectivity index (χ2n) is 2.54. The summed E-state index contributed by atoms with van der Waals surface area (Å²) in [4.78, 5) is 10.9. The minimum Gasteiger partial charge on any atom is -0.337 e. The lowest BCUT2D eigenvalue weighted by Crippen LogP contribution is -1.84. The van der Waals surface area contributed by atoms with Gasteiger partial charge in [0.25, 0.3) is 0 Å². The monoisotopic (exact) mass is 189 g/mol. The molecule has 0 aliphatic heterocycles. The van der Waals surface area contributed by atoms with Gasteiger partial charge in [0, 0.05) is 29.7 Å². The number of aromatic amines is 1. The highest BCUT2D eigenvalue weighted by molar-refractivity contribution is 7.71. The van der Waals surface area contributed by atoms with Crippen LogP contribution in [0, 0.1) is 4.64 Å². The van der Waals surface area contributed by atoms with Gasteiger partial charge in [-0.25, -0.2) is 4.98 Å². The number of pyridine rings is 1. The lowest BCUT2D eigenvalue weighted by atomic mass is 10.2. The molecule has 13 heavy (non-hydrogen) atoms. The van der Waals surface area contributed by atoms with E-state index in [0.717, 1.165) is 11.1 Å². The second-order valence-corrected chi connectivity index (χ2v) is 2.94. The van der Waals surface area contributed by atoms with E-state index in [4.69, 9.17) is 12.2 Å². The highest BCUT2D eigenvalue weighted by atomic mass is 32.1. The first kappa shape index (κ1) is 8.07. The minimum atomic E-state index is 0.683. The average Bonchev–Trinajstić information content (AvgIpc) is 2.20. The predicted octanol–water partition coefficient (Wildman–Crippen LogP) is 2.20. The van der Waals surface area contributed by atoms with Crippen LogP contribution in [0.4, 0.5) is 0 Å². The zero-order valence-corrected chi connectivity index (χ0v) is 7.58. The van der Waals surface area contributed by atoms with Crippen molar-refractivity contribution in [3.63, 3.8) is 0 Å². The van der Waals surface area contributed by atoms with Gasteiger partial charge in [-0.15, -0.1) is 0 Å². The van der Waals surface area contributed by atoms with Crippen molar-refractivity contribution in [2.75, 3.05) is 0 Å². The quantitative estimate of drug-likeness (QED) is 0.699. The molecule has 0 aromatic carbocycles. The molecule has 0 aliphatic rings. The number of aromatic nitrogens is 3. The van der Waals surface area contributed by atoms with Gasteiger partial charge in [-0.05, 0) is 6.07 Å². The maximum Gasteiger partial charge on any atom is 0.113 e. The summed E-state index contributed by atoms with van der Waals surface area (Å²) in [5.74, 6) is 0. The number of hydrogen-bond acceptors (Lipinski definition) is 3. The molecule has 0 amide bonds. The molecule has 0 bridgehead atoms. The van der Waals surface area contributed by atoms with Crippen molar-refractivity contribution >= 4 is 12.2 Å². The van der Waals surface area contributed by atoms with Crippen molar-refractivity contribution in [2.24, 2.45) is 0 Å². The van der Waals surface area contributed by atoms with Crippen molar-refractivity contribution in [2.45, 2.75) is 0 Å². The van der Waals surface area contributed by atoms with Crippen LogP contribution < -0.4 is 0 Å². The van der Waals surface area contributed by atoms with Crippen LogP contribution in [-0.2, 0) is 0 Å². The first-order valence-corrected chi connectivity index (χ1v) is 4.22. The van der Waals surface area contributed by atoms with Crippen LogP contribution in [0.1, 0.15) is 0 Å². The molecule has 0 aliphatic carbocycles. The normalized spacial score (nSPS) is 9.85. The van der Waals surface area contributed by atoms with Gasteiger partial charge in [0.15, 0.2) is 0 Å². The smallest absolute Gasteiger partial charge is 0.113 e. The summed E-state index contributed by atoms with van der Waals surface area (Å²) in [6.45, 7) is 0. The van der Waals surface area contributed by atoms with Crippen LogP contribution in [0.3, 0.4) is 0 Å². The molecule has 0 saturated heterocycles. The molecule has 1 N–H and O–H groups in total. The van der Waals surface area contributed by atoms with E-state index in [2.05, 4.69) is 15.0 Å². The SMILES string of the molecule is S=c1[nH]cncc1-c1cccnc1. The second kappa shape index (κ2) is 3.45. The van der Waals surface area contributed by atoms with E-state index in [1.165, 1.54) is 0 Å². The summed E-state index contributed by atoms with van der Waals surface area (Å²) in [6, 6.07) is 3.82. The highest BCUT2D eigenvalue weighted by Crippen LogP contribution is 2.16. The van der Waals surface area contributed by atoms with Crippen LogP contribution in [0.5, 0.6) is 0 Å². The fourth-order valence-electron chi connectivity index (χ4n) is 1.07. The molecular weight excluding hydrogens is 182 g/mol. The van der Waals surface area contributed by atoms with Crippen LogP contribution in [0.2, 0.25) is 0 Å². The maximum atomic E-state index is 5.11. The summed E-state index contributed by atoms with van der Waals surface area (Å²) >= 11 is 5.11. The average molecular weight is 189 g/mol.